The molecule has 0 aliphatic carbocycles. The second-order valence-corrected chi connectivity index (χ2v) is 5.70. The minimum atomic E-state index is -0.449. The van der Waals surface area contributed by atoms with E-state index in [1.807, 2.05) is 20.8 Å². The maximum atomic E-state index is 11.4. The summed E-state index contributed by atoms with van der Waals surface area (Å²) in [5.74, 6) is 0. The first kappa shape index (κ1) is 14.3. The van der Waals surface area contributed by atoms with E-state index in [0.717, 1.165) is 32.4 Å². The van der Waals surface area contributed by atoms with Crippen LogP contribution in [-0.4, -0.2) is 42.8 Å². The van der Waals surface area contributed by atoms with E-state index in [0.29, 0.717) is 6.04 Å². The first-order valence-electron chi connectivity index (χ1n) is 6.30. The zero-order valence-corrected chi connectivity index (χ0v) is 11.4. The summed E-state index contributed by atoms with van der Waals surface area (Å²) in [5.41, 5.74) is 5.23. The fourth-order valence-corrected chi connectivity index (χ4v) is 1.85. The van der Waals surface area contributed by atoms with Gasteiger partial charge in [-0.25, -0.2) is 10.2 Å². The monoisotopic (exact) mass is 243 g/mol. The minimum absolute atomic E-state index is 0.340. The molecule has 1 fully saturated rings. The molecule has 0 radical (unpaired) electrons. The Morgan fingerprint density at radius 1 is 1.29 bits per heavy atom. The van der Waals surface area contributed by atoms with E-state index in [1.165, 1.54) is 0 Å². The number of hydrazine groups is 1. The number of amides is 1. The molecule has 0 saturated carbocycles. The van der Waals surface area contributed by atoms with Crippen LogP contribution in [0.4, 0.5) is 4.79 Å². The van der Waals surface area contributed by atoms with Gasteiger partial charge in [0.15, 0.2) is 0 Å². The van der Waals surface area contributed by atoms with Crippen molar-refractivity contribution in [1.82, 2.24) is 15.8 Å². The fourth-order valence-electron chi connectivity index (χ4n) is 1.85. The molecule has 0 aromatic carbocycles. The fraction of sp³-hybridized carbons (Fsp3) is 0.917. The lowest BCUT2D eigenvalue weighted by Gasteiger charge is -2.22. The van der Waals surface area contributed by atoms with Gasteiger partial charge in [-0.15, -0.1) is 0 Å². The van der Waals surface area contributed by atoms with Crippen LogP contribution >= 0.6 is 0 Å². The molecule has 2 N–H and O–H groups in total. The van der Waals surface area contributed by atoms with Crippen LogP contribution in [0.25, 0.3) is 0 Å². The molecule has 0 aromatic heterocycles. The first-order valence-corrected chi connectivity index (χ1v) is 6.30. The van der Waals surface area contributed by atoms with E-state index >= 15 is 0 Å². The summed E-state index contributed by atoms with van der Waals surface area (Å²) < 4.78 is 5.16. The van der Waals surface area contributed by atoms with E-state index < -0.39 is 11.7 Å². The molecular weight excluding hydrogens is 218 g/mol. The highest BCUT2D eigenvalue weighted by Gasteiger charge is 2.18. The Bertz CT molecular complexity index is 251. The number of likely N-dealkylation sites (tertiary alicyclic amines) is 1. The van der Waals surface area contributed by atoms with Crippen LogP contribution in [0.3, 0.4) is 0 Å². The van der Waals surface area contributed by atoms with Gasteiger partial charge in [-0.3, -0.25) is 5.43 Å². The number of carbonyl (C=O) groups is 1. The molecule has 1 saturated heterocycles. The van der Waals surface area contributed by atoms with Crippen molar-refractivity contribution < 1.29 is 9.53 Å². The third-order valence-electron chi connectivity index (χ3n) is 2.73. The van der Waals surface area contributed by atoms with Gasteiger partial charge in [-0.05, 0) is 60.2 Å². The molecule has 1 heterocycles. The van der Waals surface area contributed by atoms with Gasteiger partial charge in [0, 0.05) is 6.04 Å². The highest BCUT2D eigenvalue weighted by Crippen LogP contribution is 2.09. The Morgan fingerprint density at radius 3 is 2.65 bits per heavy atom. The number of nitrogens with one attached hydrogen (secondary N) is 2. The third kappa shape index (κ3) is 6.48. The number of nitrogens with zero attached hydrogens (tertiary/aromatic N) is 1. The van der Waals surface area contributed by atoms with Gasteiger partial charge >= 0.3 is 6.09 Å². The van der Waals surface area contributed by atoms with Gasteiger partial charge in [0.1, 0.15) is 5.60 Å². The molecule has 5 nitrogen and oxygen atoms in total. The average molecular weight is 243 g/mol. The smallest absolute Gasteiger partial charge is 0.422 e. The summed E-state index contributed by atoms with van der Waals surface area (Å²) in [6.45, 7) is 7.76. The zero-order valence-electron chi connectivity index (χ0n) is 11.4. The summed E-state index contributed by atoms with van der Waals surface area (Å²) in [6.07, 6.45) is 2.88. The Balaban J connectivity index is 2.23. The number of carbonyl (C=O) groups excluding carboxylic acids is 1. The standard InChI is InChI=1S/C12H25N3O2/c1-12(2,3)17-11(16)14-13-10-6-5-8-15(4)9-7-10/h10,13H,5-9H2,1-4H3,(H,14,16). The lowest BCUT2D eigenvalue weighted by molar-refractivity contribution is 0.0486. The average Bonchev–Trinajstić information content (AvgIpc) is 2.37. The van der Waals surface area contributed by atoms with Crippen molar-refractivity contribution in [3.05, 3.63) is 0 Å². The number of hydrogen-bond acceptors (Lipinski definition) is 4. The van der Waals surface area contributed by atoms with Crippen LogP contribution in [0, 0.1) is 0 Å². The van der Waals surface area contributed by atoms with Gasteiger partial charge in [0.2, 0.25) is 0 Å². The van der Waals surface area contributed by atoms with E-state index in [2.05, 4.69) is 22.8 Å². The Morgan fingerprint density at radius 2 is 2.00 bits per heavy atom. The van der Waals surface area contributed by atoms with Gasteiger partial charge in [-0.2, -0.15) is 0 Å². The van der Waals surface area contributed by atoms with E-state index in [4.69, 9.17) is 4.74 Å². The maximum Gasteiger partial charge on any atom is 0.422 e. The highest BCUT2D eigenvalue weighted by molar-refractivity contribution is 5.67. The van der Waals surface area contributed by atoms with Crippen LogP contribution in [0.5, 0.6) is 0 Å². The van der Waals surface area contributed by atoms with Gasteiger partial charge in [0.25, 0.3) is 0 Å². The molecule has 0 spiro atoms. The second kappa shape index (κ2) is 6.21. The highest BCUT2D eigenvalue weighted by atomic mass is 16.6. The van der Waals surface area contributed by atoms with Gasteiger partial charge in [-0.1, -0.05) is 0 Å². The van der Waals surface area contributed by atoms with E-state index in [1.54, 1.807) is 0 Å². The molecule has 100 valence electrons. The SMILES string of the molecule is CN1CCCC(NNC(=O)OC(C)(C)C)CC1. The van der Waals surface area contributed by atoms with Crippen LogP contribution < -0.4 is 10.9 Å². The van der Waals surface area contributed by atoms with Crippen LogP contribution in [0.1, 0.15) is 40.0 Å². The van der Waals surface area contributed by atoms with Crippen LogP contribution in [-0.2, 0) is 4.74 Å². The Kier molecular flexibility index (Phi) is 5.21. The number of rotatable bonds is 2. The topological polar surface area (TPSA) is 53.6 Å². The normalized spacial score (nSPS) is 22.9. The molecule has 0 bridgehead atoms. The van der Waals surface area contributed by atoms with Gasteiger partial charge in [0.05, 0.1) is 0 Å². The van der Waals surface area contributed by atoms with E-state index in [-0.39, 0.29) is 0 Å². The summed E-state index contributed by atoms with van der Waals surface area (Å²) in [6, 6.07) is 0.340. The Labute approximate surface area is 104 Å². The summed E-state index contributed by atoms with van der Waals surface area (Å²) >= 11 is 0. The molecular formula is C12H25N3O2. The lowest BCUT2D eigenvalue weighted by atomic mass is 10.1. The molecule has 1 rings (SSSR count). The predicted octanol–water partition coefficient (Wildman–Crippen LogP) is 1.50. The van der Waals surface area contributed by atoms with Crippen molar-refractivity contribution >= 4 is 6.09 Å². The van der Waals surface area contributed by atoms with E-state index in [9.17, 15) is 4.79 Å². The maximum absolute atomic E-state index is 11.4. The molecule has 1 unspecified atom stereocenters. The van der Waals surface area contributed by atoms with Crippen LogP contribution in [0.15, 0.2) is 0 Å². The van der Waals surface area contributed by atoms with Crippen molar-refractivity contribution in [3.63, 3.8) is 0 Å². The largest absolute Gasteiger partial charge is 0.443 e. The molecule has 17 heavy (non-hydrogen) atoms. The quantitative estimate of drug-likeness (QED) is 0.722. The molecule has 5 heteroatoms. The Hall–Kier alpha value is -0.810. The van der Waals surface area contributed by atoms with Gasteiger partial charge < -0.3 is 9.64 Å². The van der Waals surface area contributed by atoms with Crippen LogP contribution in [0.2, 0.25) is 0 Å². The zero-order chi connectivity index (χ0) is 12.9. The molecule has 1 aliphatic heterocycles. The first-order chi connectivity index (χ1) is 7.87. The lowest BCUT2D eigenvalue weighted by Crippen LogP contribution is -2.46. The van der Waals surface area contributed by atoms with Crippen molar-refractivity contribution in [2.75, 3.05) is 20.1 Å². The molecule has 1 amide bonds. The number of ether oxygens (including phenoxy) is 1. The summed E-state index contributed by atoms with van der Waals surface area (Å²) in [7, 11) is 2.13. The summed E-state index contributed by atoms with van der Waals surface area (Å²) in [5, 5.41) is 0. The molecule has 0 aromatic rings. The predicted molar refractivity (Wildman–Crippen MR) is 67.6 cm³/mol. The van der Waals surface area contributed by atoms with Crippen molar-refractivity contribution in [3.8, 4) is 0 Å². The second-order valence-electron chi connectivity index (χ2n) is 5.70. The minimum Gasteiger partial charge on any atom is -0.443 e. The van der Waals surface area contributed by atoms with Crippen molar-refractivity contribution in [2.24, 2.45) is 0 Å². The third-order valence-corrected chi connectivity index (χ3v) is 2.73. The van der Waals surface area contributed by atoms with Crippen molar-refractivity contribution in [2.45, 2.75) is 51.7 Å². The molecule has 1 aliphatic rings. The van der Waals surface area contributed by atoms with Crippen molar-refractivity contribution in [1.29, 1.82) is 0 Å². The molecule has 1 atom stereocenters. The number of hydrogen-bond donors (Lipinski definition) is 2. The summed E-state index contributed by atoms with van der Waals surface area (Å²) in [4.78, 5) is 13.8.